The minimum atomic E-state index is -0.856. The molecule has 1 aromatic heterocycles. The van der Waals surface area contributed by atoms with Crippen LogP contribution in [0.2, 0.25) is 0 Å². The summed E-state index contributed by atoms with van der Waals surface area (Å²) in [6.45, 7) is 5.68. The van der Waals surface area contributed by atoms with Crippen molar-refractivity contribution >= 4 is 28.7 Å². The van der Waals surface area contributed by atoms with Crippen LogP contribution in [0.25, 0.3) is 10.9 Å². The molecule has 1 heterocycles. The number of carboxylic acids is 1. The Labute approximate surface area is 163 Å². The number of amides is 1. The lowest BCUT2D eigenvalue weighted by Crippen LogP contribution is -2.10. The highest BCUT2D eigenvalue weighted by Gasteiger charge is 2.13. The van der Waals surface area contributed by atoms with Gasteiger partial charge >= 0.3 is 5.97 Å². The van der Waals surface area contributed by atoms with Crippen molar-refractivity contribution in [3.8, 4) is 0 Å². The van der Waals surface area contributed by atoms with E-state index < -0.39 is 11.9 Å². The number of nitrogens with zero attached hydrogens (tertiary/aromatic N) is 1. The summed E-state index contributed by atoms with van der Waals surface area (Å²) in [6.07, 6.45) is 2.41. The van der Waals surface area contributed by atoms with Crippen molar-refractivity contribution < 1.29 is 19.5 Å². The second-order valence-electron chi connectivity index (χ2n) is 6.92. The zero-order valence-corrected chi connectivity index (χ0v) is 16.2. The predicted molar refractivity (Wildman–Crippen MR) is 109 cm³/mol. The smallest absolute Gasteiger partial charge is 0.335 e. The number of aromatic carboxylic acids is 1. The fraction of sp³-hybridized carbons (Fsp3) is 0.227. The van der Waals surface area contributed by atoms with Gasteiger partial charge < -0.3 is 10.8 Å². The molecule has 0 saturated carbocycles. The summed E-state index contributed by atoms with van der Waals surface area (Å²) in [4.78, 5) is 33.1. The van der Waals surface area contributed by atoms with Gasteiger partial charge in [0.05, 0.1) is 16.6 Å². The number of fused-ring (bicyclic) bond motifs is 1. The van der Waals surface area contributed by atoms with Gasteiger partial charge in [0.25, 0.3) is 5.91 Å². The number of nitrogens with two attached hydrogens (primary N) is 1. The maximum absolute atomic E-state index is 11.3. The van der Waals surface area contributed by atoms with Gasteiger partial charge in [0.2, 0.25) is 5.91 Å². The average molecular weight is 380 g/mol. The fourth-order valence-electron chi connectivity index (χ4n) is 2.94. The van der Waals surface area contributed by atoms with Gasteiger partial charge in [-0.05, 0) is 36.1 Å². The Morgan fingerprint density at radius 3 is 2.32 bits per heavy atom. The summed E-state index contributed by atoms with van der Waals surface area (Å²) in [7, 11) is 0. The maximum atomic E-state index is 11.3. The lowest BCUT2D eigenvalue weighted by atomic mass is 10.0. The van der Waals surface area contributed by atoms with Crippen molar-refractivity contribution in [3.63, 3.8) is 0 Å². The molecule has 3 N–H and O–H groups in total. The molecule has 0 aliphatic carbocycles. The number of primary amides is 1. The number of carboxylic acid groups (broad SMARTS) is 1. The molecule has 0 spiro atoms. The molecule has 0 bridgehead atoms. The summed E-state index contributed by atoms with van der Waals surface area (Å²) in [5.74, 6) is -0.959. The first kappa shape index (κ1) is 20.9. The maximum Gasteiger partial charge on any atom is 0.335 e. The monoisotopic (exact) mass is 380 g/mol. The first-order valence-electron chi connectivity index (χ1n) is 8.93. The standard InChI is InChI=1S/C11H10N2O2.C11H14O2/c1-7(14)13-6-9(11(12)15)8-4-2-3-5-10(8)13;1-8(2)6-9-4-3-5-10(7-9)11(12)13/h2-6H,1H3,(H2,12,15);3-5,7-8H,6H2,1-2H3,(H,12,13). The molecule has 3 rings (SSSR count). The number of carbonyl (C=O) groups excluding carboxylic acids is 2. The molecule has 0 radical (unpaired) electrons. The molecule has 3 aromatic rings. The number of rotatable bonds is 4. The molecule has 0 saturated heterocycles. The minimum Gasteiger partial charge on any atom is -0.478 e. The molecule has 1 amide bonds. The van der Waals surface area contributed by atoms with Crippen LogP contribution < -0.4 is 5.73 Å². The van der Waals surface area contributed by atoms with Crippen molar-refractivity contribution in [2.45, 2.75) is 27.2 Å². The summed E-state index contributed by atoms with van der Waals surface area (Å²) < 4.78 is 1.43. The highest BCUT2D eigenvalue weighted by atomic mass is 16.4. The zero-order chi connectivity index (χ0) is 20.8. The minimum absolute atomic E-state index is 0.140. The normalized spacial score (nSPS) is 10.4. The van der Waals surface area contributed by atoms with E-state index in [1.54, 1.807) is 36.4 Å². The first-order valence-corrected chi connectivity index (χ1v) is 8.93. The molecule has 146 valence electrons. The average Bonchev–Trinajstić information content (AvgIpc) is 3.02. The van der Waals surface area contributed by atoms with Gasteiger partial charge in [0.1, 0.15) is 0 Å². The second kappa shape index (κ2) is 8.99. The van der Waals surface area contributed by atoms with Crippen LogP contribution in [0.15, 0.2) is 54.7 Å². The van der Waals surface area contributed by atoms with E-state index in [0.29, 0.717) is 27.9 Å². The number of para-hydroxylation sites is 1. The Bertz CT molecular complexity index is 970. The van der Waals surface area contributed by atoms with Gasteiger partial charge in [-0.25, -0.2) is 4.79 Å². The summed E-state index contributed by atoms with van der Waals surface area (Å²) >= 11 is 0. The predicted octanol–water partition coefficient (Wildman–Crippen LogP) is 3.98. The lowest BCUT2D eigenvalue weighted by Gasteiger charge is -2.04. The van der Waals surface area contributed by atoms with Crippen molar-refractivity contribution in [3.05, 3.63) is 71.4 Å². The fourth-order valence-corrected chi connectivity index (χ4v) is 2.94. The Balaban J connectivity index is 0.000000203. The molecule has 0 aliphatic rings. The molecule has 6 nitrogen and oxygen atoms in total. The molecular formula is C22H24N2O4. The Morgan fingerprint density at radius 1 is 1.07 bits per heavy atom. The van der Waals surface area contributed by atoms with Crippen LogP contribution in [0.3, 0.4) is 0 Å². The van der Waals surface area contributed by atoms with Crippen LogP contribution in [0.4, 0.5) is 0 Å². The van der Waals surface area contributed by atoms with Crippen molar-refractivity contribution in [2.24, 2.45) is 11.7 Å². The highest BCUT2D eigenvalue weighted by molar-refractivity contribution is 6.08. The number of carbonyl (C=O) groups is 3. The number of aromatic nitrogens is 1. The van der Waals surface area contributed by atoms with E-state index in [2.05, 4.69) is 13.8 Å². The van der Waals surface area contributed by atoms with Crippen molar-refractivity contribution in [1.29, 1.82) is 0 Å². The molecule has 0 unspecified atom stereocenters. The van der Waals surface area contributed by atoms with Crippen LogP contribution in [0, 0.1) is 5.92 Å². The van der Waals surface area contributed by atoms with Gasteiger partial charge in [-0.3, -0.25) is 14.2 Å². The molecule has 0 aliphatic heterocycles. The zero-order valence-electron chi connectivity index (χ0n) is 16.2. The van der Waals surface area contributed by atoms with Gasteiger partial charge in [-0.15, -0.1) is 0 Å². The molecular weight excluding hydrogens is 356 g/mol. The van der Waals surface area contributed by atoms with Gasteiger partial charge in [-0.1, -0.05) is 44.2 Å². The summed E-state index contributed by atoms with van der Waals surface area (Å²) in [5, 5.41) is 9.45. The van der Waals surface area contributed by atoms with Crippen molar-refractivity contribution in [2.75, 3.05) is 0 Å². The molecule has 2 aromatic carbocycles. The largest absolute Gasteiger partial charge is 0.478 e. The third-order valence-corrected chi connectivity index (χ3v) is 4.13. The molecule has 28 heavy (non-hydrogen) atoms. The van der Waals surface area contributed by atoms with Gasteiger partial charge in [-0.2, -0.15) is 0 Å². The molecule has 0 atom stereocenters. The quantitative estimate of drug-likeness (QED) is 0.714. The number of hydrogen-bond donors (Lipinski definition) is 2. The molecule has 0 fully saturated rings. The van der Waals surface area contributed by atoms with Crippen LogP contribution in [0.5, 0.6) is 0 Å². The summed E-state index contributed by atoms with van der Waals surface area (Å²) in [5.41, 5.74) is 7.78. The van der Waals surface area contributed by atoms with E-state index >= 15 is 0 Å². The highest BCUT2D eigenvalue weighted by Crippen LogP contribution is 2.20. The first-order chi connectivity index (χ1) is 13.2. The third kappa shape index (κ3) is 5.07. The van der Waals surface area contributed by atoms with E-state index in [0.717, 1.165) is 12.0 Å². The molecule has 6 heteroatoms. The van der Waals surface area contributed by atoms with E-state index in [9.17, 15) is 14.4 Å². The van der Waals surface area contributed by atoms with E-state index in [1.165, 1.54) is 17.7 Å². The van der Waals surface area contributed by atoms with Gasteiger partial charge in [0.15, 0.2) is 0 Å². The Kier molecular flexibility index (Phi) is 6.71. The summed E-state index contributed by atoms with van der Waals surface area (Å²) in [6, 6.07) is 14.3. The third-order valence-electron chi connectivity index (χ3n) is 4.13. The van der Waals surface area contributed by atoms with Crippen LogP contribution in [-0.4, -0.2) is 27.5 Å². The van der Waals surface area contributed by atoms with Crippen LogP contribution >= 0.6 is 0 Å². The van der Waals surface area contributed by atoms with Gasteiger partial charge in [0, 0.05) is 18.5 Å². The van der Waals surface area contributed by atoms with E-state index in [-0.39, 0.29) is 5.91 Å². The van der Waals surface area contributed by atoms with Crippen LogP contribution in [0.1, 0.15) is 51.8 Å². The SMILES string of the molecule is CC(=O)n1cc(C(N)=O)c2ccccc21.CC(C)Cc1cccc(C(=O)O)c1. The van der Waals surface area contributed by atoms with E-state index in [1.807, 2.05) is 12.1 Å². The Morgan fingerprint density at radius 2 is 1.75 bits per heavy atom. The lowest BCUT2D eigenvalue weighted by molar-refractivity contribution is 0.0696. The van der Waals surface area contributed by atoms with Crippen molar-refractivity contribution in [1.82, 2.24) is 4.57 Å². The van der Waals surface area contributed by atoms with Crippen LogP contribution in [-0.2, 0) is 6.42 Å². The number of benzene rings is 2. The number of hydrogen-bond acceptors (Lipinski definition) is 3. The topological polar surface area (TPSA) is 102 Å². The second-order valence-corrected chi connectivity index (χ2v) is 6.92. The van der Waals surface area contributed by atoms with E-state index in [4.69, 9.17) is 10.8 Å². The Hall–Kier alpha value is -3.41.